The second kappa shape index (κ2) is 3.42. The first kappa shape index (κ1) is 11.3. The van der Waals surface area contributed by atoms with Crippen LogP contribution in [-0.4, -0.2) is 23.7 Å². The van der Waals surface area contributed by atoms with Gasteiger partial charge in [-0.1, -0.05) is 29.8 Å². The molecule has 0 amide bonds. The van der Waals surface area contributed by atoms with Crippen LogP contribution in [0.2, 0.25) is 0 Å². The van der Waals surface area contributed by atoms with Gasteiger partial charge in [-0.15, -0.1) is 0 Å². The molecule has 0 N–H and O–H groups in total. The van der Waals surface area contributed by atoms with E-state index in [-0.39, 0.29) is 16.3 Å². The quantitative estimate of drug-likeness (QED) is 0.694. The van der Waals surface area contributed by atoms with Crippen molar-refractivity contribution < 1.29 is 17.9 Å². The number of rotatable bonds is 2. The fourth-order valence-corrected chi connectivity index (χ4v) is 1.95. The van der Waals surface area contributed by atoms with Crippen LogP contribution in [0.5, 0.6) is 0 Å². The molecule has 1 fully saturated rings. The number of hydrogen-bond donors (Lipinski definition) is 0. The van der Waals surface area contributed by atoms with Crippen molar-refractivity contribution in [2.24, 2.45) is 5.41 Å². The van der Waals surface area contributed by atoms with Crippen LogP contribution >= 0.6 is 15.9 Å². The third kappa shape index (κ3) is 2.59. The van der Waals surface area contributed by atoms with E-state index in [1.165, 1.54) is 0 Å². The maximum absolute atomic E-state index is 11.8. The van der Waals surface area contributed by atoms with Crippen LogP contribution in [0.25, 0.3) is 0 Å². The smallest absolute Gasteiger partial charge is 0.368 e. The van der Waals surface area contributed by atoms with E-state index in [0.29, 0.717) is 6.42 Å². The van der Waals surface area contributed by atoms with E-state index in [2.05, 4.69) is 15.9 Å². The highest BCUT2D eigenvalue weighted by molar-refractivity contribution is 9.09. The lowest BCUT2D eigenvalue weighted by Crippen LogP contribution is -2.52. The van der Waals surface area contributed by atoms with E-state index in [9.17, 15) is 13.2 Å². The van der Waals surface area contributed by atoms with Crippen LogP contribution in [0.1, 0.15) is 20.3 Å². The van der Waals surface area contributed by atoms with Crippen LogP contribution in [0.4, 0.5) is 13.2 Å². The molecule has 0 heterocycles. The molecule has 1 nitrogen and oxygen atoms in total. The van der Waals surface area contributed by atoms with E-state index in [1.54, 1.807) is 0 Å². The Morgan fingerprint density at radius 1 is 1.46 bits per heavy atom. The topological polar surface area (TPSA) is 9.23 Å². The molecule has 1 rings (SSSR count). The average molecular weight is 261 g/mol. The van der Waals surface area contributed by atoms with Gasteiger partial charge in [-0.3, -0.25) is 0 Å². The molecular formula is C8H12BrF3O. The summed E-state index contributed by atoms with van der Waals surface area (Å²) in [5, 5.41) is 0. The molecule has 0 bridgehead atoms. The minimum atomic E-state index is -4.21. The summed E-state index contributed by atoms with van der Waals surface area (Å²) in [6, 6.07) is 0. The van der Waals surface area contributed by atoms with Crippen molar-refractivity contribution in [1.82, 2.24) is 0 Å². The summed E-state index contributed by atoms with van der Waals surface area (Å²) >= 11 is 3.38. The standard InChI is InChI=1S/C8H12BrF3O/c1-7(2)5(9)3-6(7)13-4-8(10,11)12/h5-6H,3-4H2,1-2H3. The molecule has 2 atom stereocenters. The first-order valence-electron chi connectivity index (χ1n) is 4.06. The number of hydrogen-bond acceptors (Lipinski definition) is 1. The zero-order chi connectivity index (χ0) is 10.3. The second-order valence-electron chi connectivity index (χ2n) is 3.94. The number of halogens is 4. The molecular weight excluding hydrogens is 249 g/mol. The summed E-state index contributed by atoms with van der Waals surface area (Å²) in [5.74, 6) is 0. The van der Waals surface area contributed by atoms with Crippen molar-refractivity contribution in [3.05, 3.63) is 0 Å². The Balaban J connectivity index is 2.33. The maximum atomic E-state index is 11.8. The molecule has 5 heteroatoms. The van der Waals surface area contributed by atoms with Crippen molar-refractivity contribution in [2.45, 2.75) is 37.4 Å². The fourth-order valence-electron chi connectivity index (χ4n) is 1.31. The van der Waals surface area contributed by atoms with E-state index >= 15 is 0 Å². The summed E-state index contributed by atoms with van der Waals surface area (Å²) in [7, 11) is 0. The third-order valence-corrected chi connectivity index (χ3v) is 4.06. The van der Waals surface area contributed by atoms with Gasteiger partial charge in [0.05, 0.1) is 6.10 Å². The molecule has 0 aromatic rings. The molecule has 0 saturated heterocycles. The van der Waals surface area contributed by atoms with Crippen molar-refractivity contribution in [3.8, 4) is 0 Å². The van der Waals surface area contributed by atoms with Crippen molar-refractivity contribution in [3.63, 3.8) is 0 Å². The Labute approximate surface area is 83.8 Å². The lowest BCUT2D eigenvalue weighted by atomic mass is 9.69. The van der Waals surface area contributed by atoms with Crippen molar-refractivity contribution >= 4 is 15.9 Å². The highest BCUT2D eigenvalue weighted by Gasteiger charge is 2.48. The molecule has 0 radical (unpaired) electrons. The van der Waals surface area contributed by atoms with Gasteiger partial charge in [-0.25, -0.2) is 0 Å². The second-order valence-corrected chi connectivity index (χ2v) is 5.04. The predicted octanol–water partition coefficient (Wildman–Crippen LogP) is 3.13. The van der Waals surface area contributed by atoms with E-state index in [4.69, 9.17) is 4.74 Å². The molecule has 78 valence electrons. The first-order valence-corrected chi connectivity index (χ1v) is 4.97. The van der Waals surface area contributed by atoms with Gasteiger partial charge in [0, 0.05) is 10.2 Å². The highest BCUT2D eigenvalue weighted by Crippen LogP contribution is 2.47. The monoisotopic (exact) mass is 260 g/mol. The van der Waals surface area contributed by atoms with Crippen LogP contribution in [0.3, 0.4) is 0 Å². The fraction of sp³-hybridized carbons (Fsp3) is 1.00. The van der Waals surface area contributed by atoms with Crippen LogP contribution in [-0.2, 0) is 4.74 Å². The highest BCUT2D eigenvalue weighted by atomic mass is 79.9. The Kier molecular flexibility index (Phi) is 2.98. The zero-order valence-corrected chi connectivity index (χ0v) is 9.08. The van der Waals surface area contributed by atoms with E-state index < -0.39 is 12.8 Å². The summed E-state index contributed by atoms with van der Waals surface area (Å²) in [6.07, 6.45) is -3.84. The summed E-state index contributed by atoms with van der Waals surface area (Å²) in [5.41, 5.74) is -0.189. The normalized spacial score (nSPS) is 32.8. The molecule has 1 saturated carbocycles. The summed E-state index contributed by atoms with van der Waals surface area (Å²) < 4.78 is 40.1. The number of alkyl halides is 4. The first-order chi connectivity index (χ1) is 5.73. The predicted molar refractivity (Wildman–Crippen MR) is 46.9 cm³/mol. The SMILES string of the molecule is CC1(C)C(Br)CC1OCC(F)(F)F. The summed E-state index contributed by atoms with van der Waals surface area (Å²) in [4.78, 5) is 0.262. The van der Waals surface area contributed by atoms with Gasteiger partial charge >= 0.3 is 6.18 Å². The lowest BCUT2D eigenvalue weighted by Gasteiger charge is -2.48. The van der Waals surface area contributed by atoms with Gasteiger partial charge in [0.2, 0.25) is 0 Å². The molecule has 0 aromatic heterocycles. The van der Waals surface area contributed by atoms with Gasteiger partial charge in [0.25, 0.3) is 0 Å². The van der Waals surface area contributed by atoms with Crippen LogP contribution < -0.4 is 0 Å². The average Bonchev–Trinajstić information content (AvgIpc) is 1.95. The van der Waals surface area contributed by atoms with Crippen LogP contribution in [0, 0.1) is 5.41 Å². The van der Waals surface area contributed by atoms with E-state index in [1.807, 2.05) is 13.8 Å². The molecule has 0 aromatic carbocycles. The number of ether oxygens (including phenoxy) is 1. The van der Waals surface area contributed by atoms with Crippen molar-refractivity contribution in [1.29, 1.82) is 0 Å². The Bertz CT molecular complexity index is 190. The third-order valence-electron chi connectivity index (χ3n) is 2.51. The van der Waals surface area contributed by atoms with Gasteiger partial charge < -0.3 is 4.74 Å². The molecule has 1 aliphatic carbocycles. The van der Waals surface area contributed by atoms with Crippen molar-refractivity contribution in [2.75, 3.05) is 6.61 Å². The minimum Gasteiger partial charge on any atom is -0.368 e. The van der Waals surface area contributed by atoms with E-state index in [0.717, 1.165) is 0 Å². The molecule has 0 aliphatic heterocycles. The van der Waals surface area contributed by atoms with Crippen LogP contribution in [0.15, 0.2) is 0 Å². The van der Waals surface area contributed by atoms with Gasteiger partial charge in [-0.05, 0) is 6.42 Å². The van der Waals surface area contributed by atoms with Gasteiger partial charge in [-0.2, -0.15) is 13.2 Å². The molecule has 0 spiro atoms. The maximum Gasteiger partial charge on any atom is 0.411 e. The lowest BCUT2D eigenvalue weighted by molar-refractivity contribution is -0.209. The minimum absolute atomic E-state index is 0.189. The Morgan fingerprint density at radius 3 is 2.31 bits per heavy atom. The van der Waals surface area contributed by atoms with Gasteiger partial charge in [0.15, 0.2) is 0 Å². The van der Waals surface area contributed by atoms with Gasteiger partial charge in [0.1, 0.15) is 6.61 Å². The summed E-state index contributed by atoms with van der Waals surface area (Å²) in [6.45, 7) is 2.66. The Hall–Kier alpha value is 0.230. The zero-order valence-electron chi connectivity index (χ0n) is 7.49. The Morgan fingerprint density at radius 2 is 2.00 bits per heavy atom. The largest absolute Gasteiger partial charge is 0.411 e. The molecule has 13 heavy (non-hydrogen) atoms. The molecule has 2 unspecified atom stereocenters. The molecule has 1 aliphatic rings.